The number of halogens is 1. The molecule has 0 unspecified atom stereocenters. The van der Waals surface area contributed by atoms with Crippen molar-refractivity contribution in [2.45, 2.75) is 201 Å². The molecule has 2 aromatic heterocycles. The van der Waals surface area contributed by atoms with Gasteiger partial charge in [0, 0.05) is 104 Å². The number of anilines is 2. The Bertz CT molecular complexity index is 4020. The lowest BCUT2D eigenvalue weighted by molar-refractivity contribution is -0.385. The zero-order valence-corrected chi connectivity index (χ0v) is 58.3. The van der Waals surface area contributed by atoms with Crippen LogP contribution in [0.5, 0.6) is 11.5 Å². The fourth-order valence-corrected chi connectivity index (χ4v) is 18.1. The molecule has 4 aromatic carbocycles. The second kappa shape index (κ2) is 28.8. The van der Waals surface area contributed by atoms with Crippen LogP contribution in [-0.2, 0) is 40.4 Å². The highest BCUT2D eigenvalue weighted by atomic mass is 35.5. The summed E-state index contributed by atoms with van der Waals surface area (Å²) in [6.07, 6.45) is 11.9. The number of carbonyl (C=O) groups excluding carboxylic acids is 4. The van der Waals surface area contributed by atoms with Gasteiger partial charge >= 0.3 is 23.7 Å². The zero-order valence-electron chi connectivity index (χ0n) is 54.3. The minimum Gasteiger partial charge on any atom is -0.447 e. The number of nitro groups is 2. The van der Waals surface area contributed by atoms with Crippen molar-refractivity contribution in [3.05, 3.63) is 128 Å². The monoisotopic (exact) mass is 1410 g/mol. The minimum atomic E-state index is -4.06. The van der Waals surface area contributed by atoms with Crippen molar-refractivity contribution < 1.29 is 64.8 Å². The van der Waals surface area contributed by atoms with Crippen molar-refractivity contribution in [3.8, 4) is 32.4 Å². The van der Waals surface area contributed by atoms with Crippen molar-refractivity contribution in [2.24, 2.45) is 0 Å². The summed E-state index contributed by atoms with van der Waals surface area (Å²) in [5.41, 5.74) is 4.31. The molecular formula is C64H79ClN10O16S4. The highest BCUT2D eigenvalue weighted by Gasteiger charge is 2.53. The van der Waals surface area contributed by atoms with E-state index in [4.69, 9.17) is 41.5 Å². The molecule has 95 heavy (non-hydrogen) atoms. The fraction of sp³-hybridized carbons (Fsp3) is 0.469. The minimum absolute atomic E-state index is 0.0348. The van der Waals surface area contributed by atoms with Crippen molar-refractivity contribution in [2.75, 3.05) is 11.1 Å². The van der Waals surface area contributed by atoms with E-state index in [1.54, 1.807) is 68.8 Å². The Morgan fingerprint density at radius 1 is 0.558 bits per heavy atom. The van der Waals surface area contributed by atoms with E-state index in [1.165, 1.54) is 72.0 Å². The van der Waals surface area contributed by atoms with Gasteiger partial charge in [-0.05, 0) is 195 Å². The SMILES string of the molecule is CC(C)OC(=O)NC12CCC(c3ncc(-c4ccc(N)cc4S(=O)(=O)NC(C)(C)C)s3)(CC1)CC2.CC(C)OC(=O)NC12CCC(c3ncc(-c4ccc(NC(=O)Oc5ccc([N+](=O)[O-])cc5)cc4S(=O)(=O)NC(C)(C)C)s3)(CC1)CC2.O=C(Cl)Oc1ccc([N+](=O)[O-])cc1. The molecule has 0 spiro atoms. The van der Waals surface area contributed by atoms with Gasteiger partial charge in [-0.25, -0.2) is 55.4 Å². The molecule has 4 bridgehead atoms. The number of aromatic nitrogens is 2. The molecule has 6 saturated carbocycles. The van der Waals surface area contributed by atoms with E-state index in [0.717, 1.165) is 91.9 Å². The largest absolute Gasteiger partial charge is 0.447 e. The first-order valence-electron chi connectivity index (χ1n) is 30.7. The summed E-state index contributed by atoms with van der Waals surface area (Å²) in [5.74, 6) is 0.253. The first kappa shape index (κ1) is 72.9. The Morgan fingerprint density at radius 3 is 1.28 bits per heavy atom. The number of nitrogens with one attached hydrogen (secondary N) is 5. The van der Waals surface area contributed by atoms with Crippen LogP contribution in [-0.4, -0.2) is 94.7 Å². The molecule has 12 rings (SSSR count). The molecular weight excluding hydrogens is 1330 g/mol. The number of sulfonamides is 2. The number of ether oxygens (including phenoxy) is 4. The summed E-state index contributed by atoms with van der Waals surface area (Å²) in [5, 5.41) is 31.9. The van der Waals surface area contributed by atoms with Gasteiger partial charge in [-0.2, -0.15) is 0 Å². The van der Waals surface area contributed by atoms with Crippen LogP contribution in [0.4, 0.5) is 41.9 Å². The summed E-state index contributed by atoms with van der Waals surface area (Å²) >= 11 is 7.94. The predicted octanol–water partition coefficient (Wildman–Crippen LogP) is 14.2. The number of hydrogen-bond acceptors (Lipinski definition) is 21. The number of fused-ring (bicyclic) bond motifs is 6. The maximum Gasteiger partial charge on any atom is 0.417 e. The molecule has 0 saturated heterocycles. The number of carbonyl (C=O) groups is 4. The van der Waals surface area contributed by atoms with Gasteiger partial charge in [0.1, 0.15) is 11.5 Å². The molecule has 512 valence electrons. The van der Waals surface area contributed by atoms with Crippen molar-refractivity contribution in [1.82, 2.24) is 30.0 Å². The Labute approximate surface area is 564 Å². The van der Waals surface area contributed by atoms with E-state index >= 15 is 0 Å². The van der Waals surface area contributed by atoms with Gasteiger partial charge in [-0.1, -0.05) is 12.1 Å². The van der Waals surface area contributed by atoms with Gasteiger partial charge in [-0.3, -0.25) is 25.5 Å². The predicted molar refractivity (Wildman–Crippen MR) is 361 cm³/mol. The van der Waals surface area contributed by atoms with E-state index < -0.39 is 52.5 Å². The first-order chi connectivity index (χ1) is 44.3. The van der Waals surface area contributed by atoms with E-state index in [9.17, 15) is 56.2 Å². The molecule has 6 fully saturated rings. The molecule has 0 aliphatic heterocycles. The lowest BCUT2D eigenvalue weighted by Crippen LogP contribution is -2.58. The summed E-state index contributed by atoms with van der Waals surface area (Å²) in [6, 6.07) is 19.6. The smallest absolute Gasteiger partial charge is 0.417 e. The maximum atomic E-state index is 13.7. The highest BCUT2D eigenvalue weighted by molar-refractivity contribution is 7.90. The lowest BCUT2D eigenvalue weighted by Gasteiger charge is -2.52. The lowest BCUT2D eigenvalue weighted by atomic mass is 9.57. The van der Waals surface area contributed by atoms with Crippen LogP contribution in [0.1, 0.15) is 156 Å². The summed E-state index contributed by atoms with van der Waals surface area (Å²) < 4.78 is 79.6. The molecule has 6 aromatic rings. The second-order valence-electron chi connectivity index (χ2n) is 26.9. The van der Waals surface area contributed by atoms with E-state index in [-0.39, 0.29) is 84.7 Å². The van der Waals surface area contributed by atoms with Crippen LogP contribution in [0.15, 0.2) is 107 Å². The van der Waals surface area contributed by atoms with E-state index in [0.29, 0.717) is 21.7 Å². The Balaban J connectivity index is 0.000000210. The number of thiazole rings is 2. The molecule has 6 aliphatic carbocycles. The zero-order chi connectivity index (χ0) is 69.7. The van der Waals surface area contributed by atoms with Gasteiger partial charge in [0.05, 0.1) is 51.6 Å². The number of amides is 3. The number of alkyl carbamates (subject to hydrolysis) is 2. The van der Waals surface area contributed by atoms with E-state index in [2.05, 4.69) is 30.1 Å². The standard InChI is InChI=1S/C32H39N5O8S2.C25H36N4O4S2.C7H4ClNO4/c1-20(2)44-29(39)35-32-15-12-31(13-16-32,14-17-32)27-33-19-25(46-27)24-11-6-21(18-26(24)47(42,43)36-30(3,4)5)34-28(38)45-23-9-7-22(8-10-23)37(40)41;1-16(2)33-22(30)28-25-11-8-24(9-12-25,10-13-25)21-27-15-19(34-21)18-7-6-17(26)14-20(18)35(31,32)29-23(3,4)5;8-7(10)13-6-3-1-5(2-4-6)9(11)12/h6-11,18-20,36H,12-17H2,1-5H3,(H,34,38)(H,35,39);6-7,14-16,29H,8-13,26H2,1-5H3,(H,28,30);1-4H. The van der Waals surface area contributed by atoms with E-state index in [1.807, 2.05) is 48.5 Å². The van der Waals surface area contributed by atoms with Gasteiger partial charge in [0.25, 0.3) is 11.4 Å². The van der Waals surface area contributed by atoms with Crippen LogP contribution < -0.4 is 40.6 Å². The van der Waals surface area contributed by atoms with Crippen molar-refractivity contribution in [3.63, 3.8) is 0 Å². The molecule has 0 atom stereocenters. The number of nitrogens with zero attached hydrogens (tertiary/aromatic N) is 4. The fourth-order valence-electron chi connectivity index (χ4n) is 12.1. The summed E-state index contributed by atoms with van der Waals surface area (Å²) in [7, 11) is -7.84. The average molecular weight is 1410 g/mol. The molecule has 0 radical (unpaired) electrons. The molecule has 31 heteroatoms. The quantitative estimate of drug-likeness (QED) is 0.0214. The van der Waals surface area contributed by atoms with Gasteiger partial charge in [0.2, 0.25) is 20.0 Å². The maximum absolute atomic E-state index is 13.7. The number of benzene rings is 4. The normalized spacial score (nSPS) is 20.6. The number of rotatable bonds is 17. The van der Waals surface area contributed by atoms with Crippen LogP contribution in [0.2, 0.25) is 0 Å². The second-order valence-corrected chi connectivity index (χ2v) is 32.5. The molecule has 2 heterocycles. The first-order valence-corrected chi connectivity index (χ1v) is 35.7. The third-order valence-electron chi connectivity index (χ3n) is 16.6. The summed E-state index contributed by atoms with van der Waals surface area (Å²) in [4.78, 5) is 78.7. The summed E-state index contributed by atoms with van der Waals surface area (Å²) in [6.45, 7) is 18.0. The number of non-ortho nitro benzene ring substituents is 2. The van der Waals surface area contributed by atoms with Crippen LogP contribution in [0.25, 0.3) is 20.9 Å². The number of nitrogens with two attached hydrogens (primary N) is 1. The number of nitrogen functional groups attached to an aromatic ring is 1. The van der Waals surface area contributed by atoms with Gasteiger partial charge in [0.15, 0.2) is 0 Å². The average Bonchev–Trinajstić information content (AvgIpc) is 1.74. The van der Waals surface area contributed by atoms with Crippen molar-refractivity contribution >= 4 is 101 Å². The van der Waals surface area contributed by atoms with Crippen LogP contribution in [0.3, 0.4) is 0 Å². The molecule has 26 nitrogen and oxygen atoms in total. The molecule has 6 aliphatic rings. The third kappa shape index (κ3) is 18.8. The number of nitro benzene ring substituents is 2. The molecule has 7 N–H and O–H groups in total. The Morgan fingerprint density at radius 2 is 0.926 bits per heavy atom. The topological polar surface area (TPSA) is 372 Å². The third-order valence-corrected chi connectivity index (χ3v) is 22.8. The highest BCUT2D eigenvalue weighted by Crippen LogP contribution is 2.57. The Hall–Kier alpha value is -7.87. The van der Waals surface area contributed by atoms with Gasteiger partial charge in [-0.15, -0.1) is 22.7 Å². The van der Waals surface area contributed by atoms with Crippen LogP contribution in [0, 0.1) is 20.2 Å². The number of hydrogen-bond donors (Lipinski definition) is 6. The van der Waals surface area contributed by atoms with Crippen molar-refractivity contribution in [1.29, 1.82) is 0 Å². The Kier molecular flexibility index (Phi) is 22.1. The molecule has 3 amide bonds. The van der Waals surface area contributed by atoms with Crippen LogP contribution >= 0.6 is 34.3 Å². The van der Waals surface area contributed by atoms with Gasteiger partial charge < -0.3 is 35.3 Å².